The van der Waals surface area contributed by atoms with Gasteiger partial charge in [0.15, 0.2) is 0 Å². The molecule has 3 aliphatic rings. The summed E-state index contributed by atoms with van der Waals surface area (Å²) in [4.78, 5) is 5.12. The number of nitrogens with zero attached hydrogens (tertiary/aromatic N) is 2. The standard InChI is InChI=1S/C24H32N2O2/c1-2-6-23-22(5-1)20(18-25-9-3-4-10-25)7-8-24(23)28-21-15-19(16-21)17-26-11-13-27-14-12-26/h1-2,5-8,19,21H,3-4,9-18H2. The smallest absolute Gasteiger partial charge is 0.127 e. The Kier molecular flexibility index (Phi) is 5.52. The van der Waals surface area contributed by atoms with E-state index in [1.54, 1.807) is 0 Å². The zero-order valence-corrected chi connectivity index (χ0v) is 16.8. The molecule has 0 amide bonds. The molecule has 1 saturated carbocycles. The van der Waals surface area contributed by atoms with Crippen LogP contribution < -0.4 is 4.74 Å². The van der Waals surface area contributed by atoms with Gasteiger partial charge in [-0.3, -0.25) is 9.80 Å². The predicted octanol–water partition coefficient (Wildman–Crippen LogP) is 3.93. The molecule has 0 spiro atoms. The van der Waals surface area contributed by atoms with Crippen LogP contribution in [0.3, 0.4) is 0 Å². The van der Waals surface area contributed by atoms with Gasteiger partial charge in [-0.2, -0.15) is 0 Å². The average Bonchev–Trinajstić information content (AvgIpc) is 3.22. The largest absolute Gasteiger partial charge is 0.490 e. The van der Waals surface area contributed by atoms with Gasteiger partial charge in [-0.15, -0.1) is 0 Å². The average molecular weight is 381 g/mol. The molecule has 0 bridgehead atoms. The normalized spacial score (nSPS) is 26.4. The molecule has 3 fully saturated rings. The zero-order valence-electron chi connectivity index (χ0n) is 16.8. The minimum absolute atomic E-state index is 0.374. The predicted molar refractivity (Wildman–Crippen MR) is 113 cm³/mol. The zero-order chi connectivity index (χ0) is 18.8. The molecule has 0 radical (unpaired) electrons. The second-order valence-corrected chi connectivity index (χ2v) is 8.74. The van der Waals surface area contributed by atoms with Crippen molar-refractivity contribution in [3.8, 4) is 5.75 Å². The molecule has 2 aliphatic heterocycles. The van der Waals surface area contributed by atoms with E-state index in [1.807, 2.05) is 0 Å². The number of ether oxygens (including phenoxy) is 2. The highest BCUT2D eigenvalue weighted by atomic mass is 16.5. The molecule has 4 nitrogen and oxygen atoms in total. The summed E-state index contributed by atoms with van der Waals surface area (Å²) in [6.45, 7) is 8.70. The molecule has 5 rings (SSSR count). The van der Waals surface area contributed by atoms with Gasteiger partial charge >= 0.3 is 0 Å². The van der Waals surface area contributed by atoms with Gasteiger partial charge in [0.05, 0.1) is 19.3 Å². The first-order valence-corrected chi connectivity index (χ1v) is 11.0. The van der Waals surface area contributed by atoms with Crippen LogP contribution in [-0.2, 0) is 11.3 Å². The van der Waals surface area contributed by atoms with Gasteiger partial charge in [-0.1, -0.05) is 30.3 Å². The summed E-state index contributed by atoms with van der Waals surface area (Å²) >= 11 is 0. The molecule has 1 aliphatic carbocycles. The summed E-state index contributed by atoms with van der Waals surface area (Å²) in [5.74, 6) is 1.85. The summed E-state index contributed by atoms with van der Waals surface area (Å²) in [5.41, 5.74) is 1.43. The number of benzene rings is 2. The molecule has 2 aromatic carbocycles. The van der Waals surface area contributed by atoms with Crippen molar-refractivity contribution in [1.29, 1.82) is 0 Å². The van der Waals surface area contributed by atoms with Gasteiger partial charge in [0, 0.05) is 31.6 Å². The summed E-state index contributed by atoms with van der Waals surface area (Å²) in [7, 11) is 0. The molecule has 28 heavy (non-hydrogen) atoms. The number of rotatable bonds is 6. The SMILES string of the molecule is c1ccc2c(OC3CC(CN4CCOCC4)C3)ccc(CN3CCCC3)c2c1. The van der Waals surface area contributed by atoms with Crippen molar-refractivity contribution < 1.29 is 9.47 Å². The molecule has 2 heterocycles. The first-order valence-electron chi connectivity index (χ1n) is 11.0. The van der Waals surface area contributed by atoms with Crippen molar-refractivity contribution in [3.63, 3.8) is 0 Å². The van der Waals surface area contributed by atoms with E-state index in [0.29, 0.717) is 6.10 Å². The molecule has 0 unspecified atom stereocenters. The van der Waals surface area contributed by atoms with Crippen molar-refractivity contribution >= 4 is 10.8 Å². The Hall–Kier alpha value is -1.62. The van der Waals surface area contributed by atoms with Crippen LogP contribution in [0.2, 0.25) is 0 Å². The Morgan fingerprint density at radius 2 is 1.61 bits per heavy atom. The molecule has 150 valence electrons. The second kappa shape index (κ2) is 8.40. The van der Waals surface area contributed by atoms with Crippen LogP contribution in [0.5, 0.6) is 5.75 Å². The summed E-state index contributed by atoms with van der Waals surface area (Å²) in [5, 5.41) is 2.63. The Morgan fingerprint density at radius 3 is 2.39 bits per heavy atom. The van der Waals surface area contributed by atoms with E-state index in [1.165, 1.54) is 61.7 Å². The van der Waals surface area contributed by atoms with Crippen LogP contribution in [0.15, 0.2) is 36.4 Å². The molecule has 0 aromatic heterocycles. The molecule has 0 atom stereocenters. The molecule has 2 saturated heterocycles. The highest BCUT2D eigenvalue weighted by Gasteiger charge is 2.32. The van der Waals surface area contributed by atoms with Crippen LogP contribution in [-0.4, -0.2) is 61.8 Å². The number of morpholine rings is 1. The first kappa shape index (κ1) is 18.4. The summed E-state index contributed by atoms with van der Waals surface area (Å²) in [6, 6.07) is 13.3. The van der Waals surface area contributed by atoms with E-state index in [9.17, 15) is 0 Å². The number of hydrogen-bond donors (Lipinski definition) is 0. The van der Waals surface area contributed by atoms with Gasteiger partial charge in [0.2, 0.25) is 0 Å². The van der Waals surface area contributed by atoms with Crippen molar-refractivity contribution in [2.45, 2.75) is 38.3 Å². The monoisotopic (exact) mass is 380 g/mol. The van der Waals surface area contributed by atoms with Gasteiger partial charge < -0.3 is 9.47 Å². The fraction of sp³-hybridized carbons (Fsp3) is 0.583. The lowest BCUT2D eigenvalue weighted by atomic mass is 9.81. The maximum Gasteiger partial charge on any atom is 0.127 e. The number of likely N-dealkylation sites (tertiary alicyclic amines) is 1. The molecular weight excluding hydrogens is 348 g/mol. The summed E-state index contributed by atoms with van der Waals surface area (Å²) in [6.07, 6.45) is 5.42. The molecule has 0 N–H and O–H groups in total. The third-order valence-electron chi connectivity index (χ3n) is 6.67. The Morgan fingerprint density at radius 1 is 0.857 bits per heavy atom. The fourth-order valence-corrected chi connectivity index (χ4v) is 5.00. The van der Waals surface area contributed by atoms with Crippen LogP contribution in [0, 0.1) is 5.92 Å². The third-order valence-corrected chi connectivity index (χ3v) is 6.67. The van der Waals surface area contributed by atoms with Gasteiger partial charge in [0.1, 0.15) is 5.75 Å². The van der Waals surface area contributed by atoms with Crippen LogP contribution in [0.1, 0.15) is 31.2 Å². The van der Waals surface area contributed by atoms with Crippen molar-refractivity contribution in [2.75, 3.05) is 45.9 Å². The Balaban J connectivity index is 1.23. The van der Waals surface area contributed by atoms with E-state index in [0.717, 1.165) is 44.5 Å². The van der Waals surface area contributed by atoms with E-state index < -0.39 is 0 Å². The van der Waals surface area contributed by atoms with E-state index in [2.05, 4.69) is 46.2 Å². The Labute approximate surface area is 168 Å². The maximum absolute atomic E-state index is 6.45. The quantitative estimate of drug-likeness (QED) is 0.758. The van der Waals surface area contributed by atoms with E-state index in [-0.39, 0.29) is 0 Å². The summed E-state index contributed by atoms with van der Waals surface area (Å²) < 4.78 is 11.9. The van der Waals surface area contributed by atoms with E-state index in [4.69, 9.17) is 9.47 Å². The van der Waals surface area contributed by atoms with Crippen LogP contribution in [0.4, 0.5) is 0 Å². The van der Waals surface area contributed by atoms with Crippen LogP contribution in [0.25, 0.3) is 10.8 Å². The molecule has 4 heteroatoms. The van der Waals surface area contributed by atoms with Crippen molar-refractivity contribution in [2.24, 2.45) is 5.92 Å². The number of fused-ring (bicyclic) bond motifs is 1. The molecular formula is C24H32N2O2. The second-order valence-electron chi connectivity index (χ2n) is 8.74. The first-order chi connectivity index (χ1) is 13.8. The minimum Gasteiger partial charge on any atom is -0.490 e. The van der Waals surface area contributed by atoms with E-state index >= 15 is 0 Å². The highest BCUT2D eigenvalue weighted by Crippen LogP contribution is 2.36. The highest BCUT2D eigenvalue weighted by molar-refractivity contribution is 5.91. The Bertz CT molecular complexity index is 790. The lowest BCUT2D eigenvalue weighted by molar-refractivity contribution is 0.000489. The lowest BCUT2D eigenvalue weighted by Gasteiger charge is -2.39. The lowest BCUT2D eigenvalue weighted by Crippen LogP contribution is -2.45. The minimum atomic E-state index is 0.374. The van der Waals surface area contributed by atoms with Crippen molar-refractivity contribution in [3.05, 3.63) is 42.0 Å². The van der Waals surface area contributed by atoms with Gasteiger partial charge in [0.25, 0.3) is 0 Å². The van der Waals surface area contributed by atoms with Gasteiger partial charge in [-0.25, -0.2) is 0 Å². The van der Waals surface area contributed by atoms with Gasteiger partial charge in [-0.05, 0) is 61.7 Å². The van der Waals surface area contributed by atoms with Crippen LogP contribution >= 0.6 is 0 Å². The maximum atomic E-state index is 6.45. The number of hydrogen-bond acceptors (Lipinski definition) is 4. The topological polar surface area (TPSA) is 24.9 Å². The fourth-order valence-electron chi connectivity index (χ4n) is 5.00. The van der Waals surface area contributed by atoms with Crippen molar-refractivity contribution in [1.82, 2.24) is 9.80 Å². The molecule has 2 aromatic rings. The third kappa shape index (κ3) is 4.05.